The molecule has 3 aromatic carbocycles. The van der Waals surface area contributed by atoms with E-state index in [9.17, 15) is 15.3 Å². The maximum atomic E-state index is 10.4. The monoisotopic (exact) mass is 360 g/mol. The highest BCUT2D eigenvalue weighted by molar-refractivity contribution is 5.86. The van der Waals surface area contributed by atoms with Gasteiger partial charge >= 0.3 is 0 Å². The van der Waals surface area contributed by atoms with Crippen molar-refractivity contribution in [3.63, 3.8) is 0 Å². The highest BCUT2D eigenvalue weighted by Gasteiger charge is 2.13. The molecule has 4 aromatic rings. The fourth-order valence-electron chi connectivity index (χ4n) is 2.71. The highest BCUT2D eigenvalue weighted by atomic mass is 16.3. The van der Waals surface area contributed by atoms with E-state index in [2.05, 4.69) is 9.98 Å². The predicted octanol–water partition coefficient (Wildman–Crippen LogP) is 4.67. The zero-order valence-corrected chi connectivity index (χ0v) is 14.4. The second-order valence-electron chi connectivity index (χ2n) is 6.19. The summed E-state index contributed by atoms with van der Waals surface area (Å²) < 4.78 is 5.75. The molecule has 0 fully saturated rings. The van der Waals surface area contributed by atoms with E-state index in [1.54, 1.807) is 18.2 Å². The molecule has 0 saturated heterocycles. The summed E-state index contributed by atoms with van der Waals surface area (Å²) in [4.78, 5) is 8.65. The van der Waals surface area contributed by atoms with Gasteiger partial charge in [0.15, 0.2) is 5.58 Å². The third kappa shape index (κ3) is 3.32. The smallest absolute Gasteiger partial charge is 0.231 e. The number of oxazole rings is 1. The molecule has 0 radical (unpaired) electrons. The Hall–Kier alpha value is -3.80. The zero-order chi connectivity index (χ0) is 19.0. The Morgan fingerprint density at radius 1 is 0.926 bits per heavy atom. The van der Waals surface area contributed by atoms with Crippen molar-refractivity contribution in [3.05, 3.63) is 65.7 Å². The molecular weight excluding hydrogens is 344 g/mol. The van der Waals surface area contributed by atoms with Crippen LogP contribution in [0.3, 0.4) is 0 Å². The van der Waals surface area contributed by atoms with Gasteiger partial charge in [-0.3, -0.25) is 4.99 Å². The molecule has 0 bridgehead atoms. The first-order valence-corrected chi connectivity index (χ1v) is 8.26. The van der Waals surface area contributed by atoms with Crippen LogP contribution in [-0.4, -0.2) is 26.5 Å². The van der Waals surface area contributed by atoms with Crippen LogP contribution in [0, 0.1) is 6.92 Å². The molecule has 0 amide bonds. The molecule has 3 N–H and O–H groups in total. The van der Waals surface area contributed by atoms with Crippen LogP contribution in [0.4, 0.5) is 5.69 Å². The van der Waals surface area contributed by atoms with Gasteiger partial charge in [-0.25, -0.2) is 4.98 Å². The molecule has 0 aliphatic rings. The fraction of sp³-hybridized carbons (Fsp3) is 0.0476. The van der Waals surface area contributed by atoms with E-state index in [4.69, 9.17) is 4.42 Å². The van der Waals surface area contributed by atoms with Gasteiger partial charge in [0.05, 0.1) is 11.3 Å². The van der Waals surface area contributed by atoms with Crippen LogP contribution in [0.1, 0.15) is 11.1 Å². The van der Waals surface area contributed by atoms with Gasteiger partial charge in [0.2, 0.25) is 5.89 Å². The van der Waals surface area contributed by atoms with E-state index in [-0.39, 0.29) is 17.2 Å². The van der Waals surface area contributed by atoms with Crippen molar-refractivity contribution < 1.29 is 19.7 Å². The molecule has 4 rings (SSSR count). The molecule has 0 unspecified atom stereocenters. The minimum Gasteiger partial charge on any atom is -0.508 e. The summed E-state index contributed by atoms with van der Waals surface area (Å²) in [5, 5.41) is 29.5. The van der Waals surface area contributed by atoms with Crippen molar-refractivity contribution in [2.75, 3.05) is 0 Å². The minimum absolute atomic E-state index is 0.0112. The summed E-state index contributed by atoms with van der Waals surface area (Å²) in [5.74, 6) is 0.212. The van der Waals surface area contributed by atoms with Gasteiger partial charge in [0.1, 0.15) is 22.8 Å². The number of nitrogens with zero attached hydrogens (tertiary/aromatic N) is 2. The summed E-state index contributed by atoms with van der Waals surface area (Å²) in [7, 11) is 0. The van der Waals surface area contributed by atoms with E-state index in [0.29, 0.717) is 28.3 Å². The number of aromatic hydroxyl groups is 3. The van der Waals surface area contributed by atoms with Crippen LogP contribution in [0.25, 0.3) is 22.6 Å². The van der Waals surface area contributed by atoms with Crippen molar-refractivity contribution in [2.45, 2.75) is 6.92 Å². The molecule has 6 heteroatoms. The van der Waals surface area contributed by atoms with Gasteiger partial charge in [0, 0.05) is 23.9 Å². The molecule has 0 spiro atoms. The number of aromatic nitrogens is 1. The third-order valence-electron chi connectivity index (χ3n) is 4.12. The third-order valence-corrected chi connectivity index (χ3v) is 4.12. The Morgan fingerprint density at radius 3 is 2.56 bits per heavy atom. The number of rotatable bonds is 3. The van der Waals surface area contributed by atoms with E-state index in [0.717, 1.165) is 11.1 Å². The van der Waals surface area contributed by atoms with Crippen molar-refractivity contribution in [1.29, 1.82) is 0 Å². The first-order chi connectivity index (χ1) is 13.0. The van der Waals surface area contributed by atoms with Crippen molar-refractivity contribution in [3.8, 4) is 28.7 Å². The molecule has 1 heterocycles. The van der Waals surface area contributed by atoms with Gasteiger partial charge in [-0.05, 0) is 48.9 Å². The minimum atomic E-state index is -0.0821. The molecule has 1 aromatic heterocycles. The van der Waals surface area contributed by atoms with Crippen LogP contribution in [0.2, 0.25) is 0 Å². The normalized spacial score (nSPS) is 11.4. The van der Waals surface area contributed by atoms with Crippen molar-refractivity contribution in [1.82, 2.24) is 4.98 Å². The molecular formula is C21H16N2O4. The topological polar surface area (TPSA) is 99.1 Å². The van der Waals surface area contributed by atoms with Crippen LogP contribution >= 0.6 is 0 Å². The molecule has 0 aliphatic heterocycles. The van der Waals surface area contributed by atoms with Gasteiger partial charge in [-0.1, -0.05) is 6.07 Å². The first kappa shape index (κ1) is 16.7. The second-order valence-corrected chi connectivity index (χ2v) is 6.19. The molecule has 134 valence electrons. The van der Waals surface area contributed by atoms with Gasteiger partial charge in [-0.15, -0.1) is 0 Å². The standard InChI is InChI=1S/C21H16N2O4/c1-12-2-7-17-20(8-12)27-21(23-17)16-6-4-14(9-19(16)26)22-11-13-3-5-15(24)10-18(13)25/h2-11,24-26H,1H3. The van der Waals surface area contributed by atoms with Crippen LogP contribution in [0.15, 0.2) is 64.0 Å². The number of benzene rings is 3. The Kier molecular flexibility index (Phi) is 4.01. The quantitative estimate of drug-likeness (QED) is 0.461. The number of phenolic OH excluding ortho intramolecular Hbond substituents is 3. The van der Waals surface area contributed by atoms with E-state index >= 15 is 0 Å². The number of hydrogen-bond donors (Lipinski definition) is 3. The SMILES string of the molecule is Cc1ccc2nc(-c3ccc(N=Cc4ccc(O)cc4O)cc3O)oc2c1. The number of phenols is 3. The summed E-state index contributed by atoms with van der Waals surface area (Å²) >= 11 is 0. The summed E-state index contributed by atoms with van der Waals surface area (Å²) in [5.41, 5.74) is 3.86. The lowest BCUT2D eigenvalue weighted by atomic mass is 10.1. The molecule has 0 aliphatic carbocycles. The Balaban J connectivity index is 1.64. The maximum Gasteiger partial charge on any atom is 0.231 e. The van der Waals surface area contributed by atoms with Crippen LogP contribution in [0.5, 0.6) is 17.2 Å². The first-order valence-electron chi connectivity index (χ1n) is 8.26. The lowest BCUT2D eigenvalue weighted by Crippen LogP contribution is -1.82. The zero-order valence-electron chi connectivity index (χ0n) is 14.4. The van der Waals surface area contributed by atoms with Gasteiger partial charge in [-0.2, -0.15) is 0 Å². The van der Waals surface area contributed by atoms with E-state index in [1.165, 1.54) is 24.4 Å². The average molecular weight is 360 g/mol. The largest absolute Gasteiger partial charge is 0.508 e. The van der Waals surface area contributed by atoms with Crippen molar-refractivity contribution in [2.24, 2.45) is 4.99 Å². The number of hydrogen-bond acceptors (Lipinski definition) is 6. The van der Waals surface area contributed by atoms with Gasteiger partial charge < -0.3 is 19.7 Å². The summed E-state index contributed by atoms with van der Waals surface area (Å²) in [6.07, 6.45) is 1.45. The molecule has 0 atom stereocenters. The lowest BCUT2D eigenvalue weighted by Gasteiger charge is -2.02. The van der Waals surface area contributed by atoms with E-state index < -0.39 is 0 Å². The highest BCUT2D eigenvalue weighted by Crippen LogP contribution is 2.34. The average Bonchev–Trinajstić information content (AvgIpc) is 3.03. The Labute approximate surface area is 154 Å². The molecule has 6 nitrogen and oxygen atoms in total. The van der Waals surface area contributed by atoms with Gasteiger partial charge in [0.25, 0.3) is 0 Å². The molecule has 27 heavy (non-hydrogen) atoms. The fourth-order valence-corrected chi connectivity index (χ4v) is 2.71. The molecule has 0 saturated carbocycles. The number of aliphatic imine (C=N–C) groups is 1. The van der Waals surface area contributed by atoms with E-state index in [1.807, 2.05) is 25.1 Å². The lowest BCUT2D eigenvalue weighted by molar-refractivity contribution is 0.450. The number of aryl methyl sites for hydroxylation is 1. The van der Waals surface area contributed by atoms with Crippen LogP contribution < -0.4 is 0 Å². The summed E-state index contributed by atoms with van der Waals surface area (Å²) in [6.45, 7) is 1.97. The predicted molar refractivity (Wildman–Crippen MR) is 103 cm³/mol. The summed E-state index contributed by atoms with van der Waals surface area (Å²) in [6, 6.07) is 14.8. The maximum absolute atomic E-state index is 10.4. The Morgan fingerprint density at radius 2 is 1.78 bits per heavy atom. The van der Waals surface area contributed by atoms with Crippen molar-refractivity contribution >= 4 is 23.0 Å². The number of fused-ring (bicyclic) bond motifs is 1. The van der Waals surface area contributed by atoms with Crippen LogP contribution in [-0.2, 0) is 0 Å². The second kappa shape index (κ2) is 6.49. The Bertz CT molecular complexity index is 1180.